The standard InChI is InChI=1S/C14H11N4.ClH/c1-18-13-5-3-2-4-10(13)8-11-9-12(16-17-15)6-7-14(11)18;/h2-9H,1H3;1H/q+1;/p-1. The Balaban J connectivity index is 0.00000133. The van der Waals surface area contributed by atoms with Crippen molar-refractivity contribution in [3.8, 4) is 0 Å². The lowest BCUT2D eigenvalue weighted by Gasteiger charge is -2.02. The van der Waals surface area contributed by atoms with Crippen LogP contribution in [0.5, 0.6) is 0 Å². The van der Waals surface area contributed by atoms with Crippen molar-refractivity contribution in [3.63, 3.8) is 0 Å². The zero-order chi connectivity index (χ0) is 12.5. The van der Waals surface area contributed by atoms with Crippen LogP contribution < -0.4 is 17.0 Å². The molecule has 0 fully saturated rings. The lowest BCUT2D eigenvalue weighted by atomic mass is 10.1. The Morgan fingerprint density at radius 1 is 1.00 bits per heavy atom. The molecule has 5 heteroatoms. The van der Waals surface area contributed by atoms with Gasteiger partial charge in [-0.25, -0.2) is 0 Å². The highest BCUT2D eigenvalue weighted by molar-refractivity contribution is 5.89. The van der Waals surface area contributed by atoms with Gasteiger partial charge in [-0.05, 0) is 29.8 Å². The summed E-state index contributed by atoms with van der Waals surface area (Å²) < 4.78 is 2.14. The number of fused-ring (bicyclic) bond motifs is 2. The molecule has 0 aliphatic rings. The number of aromatic nitrogens is 1. The summed E-state index contributed by atoms with van der Waals surface area (Å²) in [5.74, 6) is 0. The van der Waals surface area contributed by atoms with Crippen molar-refractivity contribution in [3.05, 3.63) is 59.0 Å². The first-order valence-electron chi connectivity index (χ1n) is 5.66. The van der Waals surface area contributed by atoms with E-state index in [1.807, 2.05) is 37.4 Å². The number of hydrogen-bond donors (Lipinski definition) is 0. The van der Waals surface area contributed by atoms with Crippen molar-refractivity contribution >= 4 is 27.5 Å². The first-order chi connectivity index (χ1) is 8.79. The van der Waals surface area contributed by atoms with E-state index < -0.39 is 0 Å². The smallest absolute Gasteiger partial charge is 0.212 e. The number of rotatable bonds is 1. The molecule has 3 rings (SSSR count). The maximum Gasteiger partial charge on any atom is 0.212 e. The van der Waals surface area contributed by atoms with Crippen LogP contribution in [0.25, 0.3) is 32.2 Å². The maximum atomic E-state index is 8.47. The zero-order valence-electron chi connectivity index (χ0n) is 10.3. The minimum Gasteiger partial charge on any atom is -1.00 e. The fourth-order valence-electron chi connectivity index (χ4n) is 2.29. The van der Waals surface area contributed by atoms with Crippen molar-refractivity contribution in [1.29, 1.82) is 0 Å². The van der Waals surface area contributed by atoms with Gasteiger partial charge in [0.05, 0.1) is 0 Å². The molecule has 0 saturated heterocycles. The topological polar surface area (TPSA) is 52.6 Å². The molecule has 0 aliphatic carbocycles. The molecular formula is C14H11ClN4. The number of aryl methyl sites for hydroxylation is 1. The zero-order valence-corrected chi connectivity index (χ0v) is 11.0. The molecule has 0 saturated carbocycles. The van der Waals surface area contributed by atoms with E-state index in [2.05, 4.69) is 32.8 Å². The Morgan fingerprint density at radius 3 is 2.53 bits per heavy atom. The van der Waals surface area contributed by atoms with Gasteiger partial charge in [-0.3, -0.25) is 0 Å². The van der Waals surface area contributed by atoms with Crippen LogP contribution in [0.3, 0.4) is 0 Å². The van der Waals surface area contributed by atoms with E-state index in [1.54, 1.807) is 0 Å². The van der Waals surface area contributed by atoms with Crippen LogP contribution in [-0.2, 0) is 7.05 Å². The first kappa shape index (κ1) is 13.1. The second kappa shape index (κ2) is 5.14. The number of nitrogens with zero attached hydrogens (tertiary/aromatic N) is 4. The van der Waals surface area contributed by atoms with Crippen molar-refractivity contribution in [2.45, 2.75) is 0 Å². The molecule has 0 unspecified atom stereocenters. The van der Waals surface area contributed by atoms with Crippen LogP contribution >= 0.6 is 0 Å². The van der Waals surface area contributed by atoms with E-state index in [0.717, 1.165) is 10.9 Å². The number of hydrogen-bond acceptors (Lipinski definition) is 1. The molecule has 1 aromatic heterocycles. The van der Waals surface area contributed by atoms with E-state index in [1.165, 1.54) is 10.9 Å². The second-order valence-electron chi connectivity index (χ2n) is 4.19. The summed E-state index contributed by atoms with van der Waals surface area (Å²) in [7, 11) is 2.04. The number of pyridine rings is 1. The Hall–Kier alpha value is -2.29. The molecule has 0 atom stereocenters. The summed E-state index contributed by atoms with van der Waals surface area (Å²) in [4.78, 5) is 2.82. The Labute approximate surface area is 116 Å². The highest BCUT2D eigenvalue weighted by atomic mass is 35.5. The van der Waals surface area contributed by atoms with Gasteiger partial charge in [-0.15, -0.1) is 0 Å². The van der Waals surface area contributed by atoms with Gasteiger partial charge in [-0.2, -0.15) is 4.57 Å². The molecule has 2 aromatic carbocycles. The Morgan fingerprint density at radius 2 is 1.74 bits per heavy atom. The molecule has 94 valence electrons. The SMILES string of the molecule is C[n+]1c2ccccc2cc2cc(N=[N+]=[N-])ccc21.[Cl-]. The van der Waals surface area contributed by atoms with Crippen LogP contribution in [0, 0.1) is 0 Å². The summed E-state index contributed by atoms with van der Waals surface area (Å²) in [6.07, 6.45) is 0. The van der Waals surface area contributed by atoms with Gasteiger partial charge >= 0.3 is 0 Å². The average molecular weight is 271 g/mol. The van der Waals surface area contributed by atoms with Crippen LogP contribution in [0.4, 0.5) is 5.69 Å². The van der Waals surface area contributed by atoms with Crippen LogP contribution in [0.1, 0.15) is 0 Å². The molecule has 4 nitrogen and oxygen atoms in total. The van der Waals surface area contributed by atoms with E-state index >= 15 is 0 Å². The number of para-hydroxylation sites is 1. The molecule has 3 aromatic rings. The van der Waals surface area contributed by atoms with E-state index in [0.29, 0.717) is 5.69 Å². The molecular weight excluding hydrogens is 260 g/mol. The van der Waals surface area contributed by atoms with Crippen LogP contribution in [0.15, 0.2) is 53.6 Å². The summed E-state index contributed by atoms with van der Waals surface area (Å²) in [5.41, 5.74) is 11.4. The minimum absolute atomic E-state index is 0. The fourth-order valence-corrected chi connectivity index (χ4v) is 2.29. The lowest BCUT2D eigenvalue weighted by molar-refractivity contribution is -0.617. The van der Waals surface area contributed by atoms with Gasteiger partial charge < -0.3 is 12.4 Å². The Bertz CT molecular complexity index is 807. The normalized spacial score (nSPS) is 9.95. The molecule has 0 amide bonds. The fraction of sp³-hybridized carbons (Fsp3) is 0.0714. The lowest BCUT2D eigenvalue weighted by Crippen LogP contribution is -3.00. The van der Waals surface area contributed by atoms with Crippen molar-refractivity contribution in [2.75, 3.05) is 0 Å². The highest BCUT2D eigenvalue weighted by Gasteiger charge is 2.10. The molecule has 0 N–H and O–H groups in total. The first-order valence-corrected chi connectivity index (χ1v) is 5.66. The predicted molar refractivity (Wildman–Crippen MR) is 71.4 cm³/mol. The number of azide groups is 1. The molecule has 0 spiro atoms. The summed E-state index contributed by atoms with van der Waals surface area (Å²) >= 11 is 0. The molecule has 1 heterocycles. The quantitative estimate of drug-likeness (QED) is 0.206. The van der Waals surface area contributed by atoms with Gasteiger partial charge in [0.15, 0.2) is 0 Å². The second-order valence-corrected chi connectivity index (χ2v) is 4.19. The maximum absolute atomic E-state index is 8.47. The monoisotopic (exact) mass is 270 g/mol. The third-order valence-electron chi connectivity index (χ3n) is 3.14. The third-order valence-corrected chi connectivity index (χ3v) is 3.14. The predicted octanol–water partition coefficient (Wildman–Crippen LogP) is 0.763. The summed E-state index contributed by atoms with van der Waals surface area (Å²) in [5, 5.41) is 5.88. The summed E-state index contributed by atoms with van der Waals surface area (Å²) in [6, 6.07) is 16.0. The highest BCUT2D eigenvalue weighted by Crippen LogP contribution is 2.22. The average Bonchev–Trinajstić information content (AvgIpc) is 2.39. The third kappa shape index (κ3) is 2.19. The van der Waals surface area contributed by atoms with Gasteiger partial charge in [-0.1, -0.05) is 17.2 Å². The summed E-state index contributed by atoms with van der Waals surface area (Å²) in [6.45, 7) is 0. The van der Waals surface area contributed by atoms with E-state index in [4.69, 9.17) is 5.53 Å². The van der Waals surface area contributed by atoms with Gasteiger partial charge in [0.1, 0.15) is 7.05 Å². The van der Waals surface area contributed by atoms with E-state index in [9.17, 15) is 0 Å². The van der Waals surface area contributed by atoms with E-state index in [-0.39, 0.29) is 12.4 Å². The molecule has 0 radical (unpaired) electrons. The minimum atomic E-state index is 0. The van der Waals surface area contributed by atoms with Gasteiger partial charge in [0.25, 0.3) is 0 Å². The molecule has 0 aliphatic heterocycles. The van der Waals surface area contributed by atoms with Gasteiger partial charge in [0, 0.05) is 33.5 Å². The molecule has 19 heavy (non-hydrogen) atoms. The van der Waals surface area contributed by atoms with Crippen molar-refractivity contribution < 1.29 is 17.0 Å². The largest absolute Gasteiger partial charge is 1.00 e. The van der Waals surface area contributed by atoms with Crippen molar-refractivity contribution in [1.82, 2.24) is 0 Å². The Kier molecular flexibility index (Phi) is 3.56. The number of benzene rings is 2. The van der Waals surface area contributed by atoms with Gasteiger partial charge in [0.2, 0.25) is 11.0 Å². The van der Waals surface area contributed by atoms with Crippen LogP contribution in [0.2, 0.25) is 0 Å². The van der Waals surface area contributed by atoms with Crippen LogP contribution in [-0.4, -0.2) is 0 Å². The van der Waals surface area contributed by atoms with Crippen molar-refractivity contribution in [2.24, 2.45) is 12.2 Å². The molecule has 0 bridgehead atoms. The number of halogens is 1.